The van der Waals surface area contributed by atoms with Crippen molar-refractivity contribution in [1.29, 1.82) is 0 Å². The van der Waals surface area contributed by atoms with Gasteiger partial charge in [-0.2, -0.15) is 5.10 Å². The minimum atomic E-state index is 0.550. The van der Waals surface area contributed by atoms with Gasteiger partial charge in [-0.25, -0.2) is 4.68 Å². The third-order valence-corrected chi connectivity index (χ3v) is 4.95. The van der Waals surface area contributed by atoms with Gasteiger partial charge in [0, 0.05) is 22.8 Å². The number of likely N-dealkylation sites (N-methyl/N-ethyl adjacent to an activating group) is 1. The molecule has 0 radical (unpaired) electrons. The second-order valence-electron chi connectivity index (χ2n) is 6.06. The summed E-state index contributed by atoms with van der Waals surface area (Å²) in [6.07, 6.45) is 9.11. The zero-order valence-electron chi connectivity index (χ0n) is 14.6. The van der Waals surface area contributed by atoms with Gasteiger partial charge in [0.15, 0.2) is 6.29 Å². The number of fused-ring (bicyclic) bond motifs is 1. The Labute approximate surface area is 156 Å². The number of carbonyl (C=O) groups is 1. The average Bonchev–Trinajstić information content (AvgIpc) is 3.01. The van der Waals surface area contributed by atoms with Gasteiger partial charge >= 0.3 is 0 Å². The Morgan fingerprint density at radius 1 is 1.32 bits per heavy atom. The van der Waals surface area contributed by atoms with Crippen molar-refractivity contribution in [2.75, 3.05) is 7.05 Å². The summed E-state index contributed by atoms with van der Waals surface area (Å²) in [6.45, 7) is 2.12. The predicted octanol–water partition coefficient (Wildman–Crippen LogP) is 4.68. The first-order valence-electron chi connectivity index (χ1n) is 8.59. The molecule has 0 unspecified atom stereocenters. The average molecular weight is 400 g/mol. The van der Waals surface area contributed by atoms with Crippen molar-refractivity contribution < 1.29 is 4.79 Å². The van der Waals surface area contributed by atoms with E-state index in [0.717, 1.165) is 59.1 Å². The van der Waals surface area contributed by atoms with Gasteiger partial charge in [0.2, 0.25) is 0 Å². The quantitative estimate of drug-likeness (QED) is 0.742. The molecule has 0 aliphatic heterocycles. The normalized spacial score (nSPS) is 16.0. The SMILES string of the molecule is CC/C=C(\C=C1/CCCc2c(C=O)nn(-c3ccc(Br)cc3)c21)NC. The number of nitrogens with zero attached hydrogens (tertiary/aromatic N) is 2. The largest absolute Gasteiger partial charge is 0.388 e. The Balaban J connectivity index is 2.18. The fourth-order valence-corrected chi connectivity index (χ4v) is 3.53. The molecule has 0 bridgehead atoms. The van der Waals surface area contributed by atoms with Gasteiger partial charge < -0.3 is 5.32 Å². The third-order valence-electron chi connectivity index (χ3n) is 4.42. The lowest BCUT2D eigenvalue weighted by molar-refractivity contribution is 0.111. The lowest BCUT2D eigenvalue weighted by Gasteiger charge is -2.19. The summed E-state index contributed by atoms with van der Waals surface area (Å²) in [6, 6.07) is 8.01. The molecular weight excluding hydrogens is 378 g/mol. The van der Waals surface area contributed by atoms with E-state index >= 15 is 0 Å². The van der Waals surface area contributed by atoms with E-state index < -0.39 is 0 Å². The number of hydrogen-bond donors (Lipinski definition) is 1. The maximum atomic E-state index is 11.5. The first-order valence-corrected chi connectivity index (χ1v) is 9.39. The highest BCUT2D eigenvalue weighted by atomic mass is 79.9. The first-order chi connectivity index (χ1) is 12.2. The van der Waals surface area contributed by atoms with E-state index in [9.17, 15) is 4.79 Å². The van der Waals surface area contributed by atoms with Crippen LogP contribution in [0.25, 0.3) is 11.3 Å². The highest BCUT2D eigenvalue weighted by Gasteiger charge is 2.25. The Kier molecular flexibility index (Phi) is 5.53. The van der Waals surface area contributed by atoms with Crippen LogP contribution in [0.2, 0.25) is 0 Å². The number of halogens is 1. The second kappa shape index (κ2) is 7.83. The summed E-state index contributed by atoms with van der Waals surface area (Å²) in [5.41, 5.74) is 5.95. The van der Waals surface area contributed by atoms with Gasteiger partial charge in [0.05, 0.1) is 11.4 Å². The Hall–Kier alpha value is -2.14. The minimum Gasteiger partial charge on any atom is -0.388 e. The standard InChI is InChI=1S/C20H22BrN3O/c1-3-5-16(22-2)12-14-6-4-7-18-19(13-25)23-24(20(14)18)17-10-8-15(21)9-11-17/h5,8-13,22H,3-4,6-7H2,1-2H3/b14-12+,16-5+. The van der Waals surface area contributed by atoms with E-state index in [1.807, 2.05) is 36.0 Å². The molecule has 1 aromatic heterocycles. The van der Waals surface area contributed by atoms with Gasteiger partial charge in [-0.1, -0.05) is 28.9 Å². The highest BCUT2D eigenvalue weighted by Crippen LogP contribution is 2.35. The topological polar surface area (TPSA) is 46.9 Å². The van der Waals surface area contributed by atoms with Gasteiger partial charge in [0.1, 0.15) is 5.69 Å². The number of allylic oxidation sites excluding steroid dienone is 3. The second-order valence-corrected chi connectivity index (χ2v) is 6.97. The van der Waals surface area contributed by atoms with E-state index in [0.29, 0.717) is 5.69 Å². The molecule has 5 heteroatoms. The molecule has 0 spiro atoms. The third kappa shape index (κ3) is 3.61. The number of nitrogens with one attached hydrogen (secondary N) is 1. The molecule has 1 aliphatic carbocycles. The van der Waals surface area contributed by atoms with E-state index in [-0.39, 0.29) is 0 Å². The van der Waals surface area contributed by atoms with Crippen molar-refractivity contribution >= 4 is 27.8 Å². The Morgan fingerprint density at radius 2 is 2.08 bits per heavy atom. The molecule has 3 rings (SSSR count). The van der Waals surface area contributed by atoms with Crippen molar-refractivity contribution in [2.45, 2.75) is 32.6 Å². The van der Waals surface area contributed by atoms with E-state index in [4.69, 9.17) is 0 Å². The summed E-state index contributed by atoms with van der Waals surface area (Å²) in [5.74, 6) is 0. The number of carbonyl (C=O) groups excluding carboxylic acids is 1. The molecule has 1 aliphatic rings. The van der Waals surface area contributed by atoms with E-state index in [1.54, 1.807) is 0 Å². The molecule has 130 valence electrons. The summed E-state index contributed by atoms with van der Waals surface area (Å²) < 4.78 is 2.93. The van der Waals surface area contributed by atoms with Crippen LogP contribution in [0.4, 0.5) is 0 Å². The molecule has 0 atom stereocenters. The van der Waals surface area contributed by atoms with Gasteiger partial charge in [-0.15, -0.1) is 0 Å². The Morgan fingerprint density at radius 3 is 2.72 bits per heavy atom. The van der Waals surface area contributed by atoms with Crippen molar-refractivity contribution in [1.82, 2.24) is 15.1 Å². The molecule has 1 aromatic carbocycles. The van der Waals surface area contributed by atoms with Crippen LogP contribution in [0.15, 0.2) is 46.6 Å². The van der Waals surface area contributed by atoms with Crippen molar-refractivity contribution in [3.8, 4) is 5.69 Å². The maximum absolute atomic E-state index is 11.5. The first kappa shape index (κ1) is 17.7. The van der Waals surface area contributed by atoms with Crippen LogP contribution in [0.1, 0.15) is 47.9 Å². The minimum absolute atomic E-state index is 0.550. The van der Waals surface area contributed by atoms with Gasteiger partial charge in [-0.3, -0.25) is 4.79 Å². The molecule has 25 heavy (non-hydrogen) atoms. The number of aromatic nitrogens is 2. The zero-order chi connectivity index (χ0) is 17.8. The van der Waals surface area contributed by atoms with Crippen LogP contribution in [-0.2, 0) is 6.42 Å². The summed E-state index contributed by atoms with van der Waals surface area (Å²) in [5, 5.41) is 7.84. The molecule has 1 N–H and O–H groups in total. The molecule has 4 nitrogen and oxygen atoms in total. The molecule has 0 fully saturated rings. The van der Waals surface area contributed by atoms with Crippen molar-refractivity contribution in [3.05, 3.63) is 63.5 Å². The van der Waals surface area contributed by atoms with E-state index in [2.05, 4.69) is 45.4 Å². The maximum Gasteiger partial charge on any atom is 0.170 e. The molecule has 0 amide bonds. The molecule has 1 heterocycles. The molecule has 2 aromatic rings. The van der Waals surface area contributed by atoms with Crippen LogP contribution < -0.4 is 5.32 Å². The lowest BCUT2D eigenvalue weighted by Crippen LogP contribution is -2.10. The number of aldehydes is 1. The summed E-state index contributed by atoms with van der Waals surface area (Å²) >= 11 is 3.47. The van der Waals surface area contributed by atoms with Crippen LogP contribution in [0.3, 0.4) is 0 Å². The van der Waals surface area contributed by atoms with Crippen LogP contribution >= 0.6 is 15.9 Å². The highest BCUT2D eigenvalue weighted by molar-refractivity contribution is 9.10. The number of benzene rings is 1. The van der Waals surface area contributed by atoms with Crippen LogP contribution in [-0.4, -0.2) is 23.1 Å². The number of rotatable bonds is 5. The van der Waals surface area contributed by atoms with Crippen molar-refractivity contribution in [3.63, 3.8) is 0 Å². The van der Waals surface area contributed by atoms with E-state index in [1.165, 1.54) is 5.57 Å². The fourth-order valence-electron chi connectivity index (χ4n) is 3.26. The zero-order valence-corrected chi connectivity index (χ0v) is 16.1. The van der Waals surface area contributed by atoms with Gasteiger partial charge in [-0.05, 0) is 61.6 Å². The van der Waals surface area contributed by atoms with Crippen molar-refractivity contribution in [2.24, 2.45) is 0 Å². The number of hydrogen-bond acceptors (Lipinski definition) is 3. The van der Waals surface area contributed by atoms with Crippen LogP contribution in [0.5, 0.6) is 0 Å². The molecule has 0 saturated carbocycles. The lowest BCUT2D eigenvalue weighted by atomic mass is 9.90. The monoisotopic (exact) mass is 399 g/mol. The fraction of sp³-hybridized carbons (Fsp3) is 0.300. The predicted molar refractivity (Wildman–Crippen MR) is 105 cm³/mol. The summed E-state index contributed by atoms with van der Waals surface area (Å²) in [4.78, 5) is 11.5. The molecular formula is C20H22BrN3O. The Bertz CT molecular complexity index is 831. The smallest absolute Gasteiger partial charge is 0.170 e. The summed E-state index contributed by atoms with van der Waals surface area (Å²) in [7, 11) is 1.94. The molecule has 0 saturated heterocycles. The van der Waals surface area contributed by atoms with Crippen LogP contribution in [0, 0.1) is 0 Å². The van der Waals surface area contributed by atoms with Gasteiger partial charge in [0.25, 0.3) is 0 Å².